The lowest BCUT2D eigenvalue weighted by atomic mass is 10.2. The van der Waals surface area contributed by atoms with Gasteiger partial charge in [0.1, 0.15) is 12.1 Å². The zero-order valence-electron chi connectivity index (χ0n) is 13.0. The summed E-state index contributed by atoms with van der Waals surface area (Å²) < 4.78 is 4.48. The Balaban J connectivity index is 3.96. The van der Waals surface area contributed by atoms with Gasteiger partial charge in [-0.3, -0.25) is 9.59 Å². The van der Waals surface area contributed by atoms with Crippen LogP contribution in [0.15, 0.2) is 0 Å². The molecule has 0 aromatic heterocycles. The van der Waals surface area contributed by atoms with Crippen LogP contribution in [0.4, 0.5) is 4.79 Å². The van der Waals surface area contributed by atoms with Crippen LogP contribution < -0.4 is 16.0 Å². The lowest BCUT2D eigenvalue weighted by Gasteiger charge is -2.17. The first-order chi connectivity index (χ1) is 10.3. The van der Waals surface area contributed by atoms with Crippen molar-refractivity contribution < 1.29 is 29.0 Å². The van der Waals surface area contributed by atoms with Crippen LogP contribution in [0, 0.1) is 0 Å². The van der Waals surface area contributed by atoms with Gasteiger partial charge in [-0.1, -0.05) is 0 Å². The van der Waals surface area contributed by atoms with E-state index >= 15 is 0 Å². The minimum atomic E-state index is -1.10. The van der Waals surface area contributed by atoms with Gasteiger partial charge in [0.15, 0.2) is 0 Å². The molecule has 0 heterocycles. The molecule has 0 aromatic carbocycles. The number of hydrogen-bond acceptors (Lipinski definition) is 5. The molecule has 0 aliphatic carbocycles. The number of carbonyl (C=O) groups is 4. The van der Waals surface area contributed by atoms with E-state index in [1.54, 1.807) is 0 Å². The third kappa shape index (κ3) is 8.77. The molecule has 0 aromatic rings. The van der Waals surface area contributed by atoms with Crippen molar-refractivity contribution >= 4 is 23.9 Å². The van der Waals surface area contributed by atoms with Crippen LogP contribution in [0.25, 0.3) is 0 Å². The maximum Gasteiger partial charge on any atom is 0.404 e. The van der Waals surface area contributed by atoms with Gasteiger partial charge in [0.05, 0.1) is 7.11 Å². The molecular weight excluding hydrogens is 294 g/mol. The molecule has 0 aliphatic heterocycles. The Morgan fingerprint density at radius 1 is 1.05 bits per heavy atom. The quantitative estimate of drug-likeness (QED) is 0.338. The number of amides is 3. The van der Waals surface area contributed by atoms with E-state index in [1.165, 1.54) is 21.0 Å². The molecule has 4 N–H and O–H groups in total. The number of rotatable bonds is 9. The summed E-state index contributed by atoms with van der Waals surface area (Å²) in [5, 5.41) is 15.5. The molecule has 0 fully saturated rings. The second kappa shape index (κ2) is 10.4. The Labute approximate surface area is 128 Å². The minimum Gasteiger partial charge on any atom is -0.467 e. The van der Waals surface area contributed by atoms with Crippen LogP contribution in [-0.4, -0.2) is 54.7 Å². The van der Waals surface area contributed by atoms with Crippen LogP contribution in [0.3, 0.4) is 0 Å². The Kier molecular flexibility index (Phi) is 9.31. The molecule has 0 radical (unpaired) electrons. The zero-order valence-corrected chi connectivity index (χ0v) is 13.0. The largest absolute Gasteiger partial charge is 0.467 e. The summed E-state index contributed by atoms with van der Waals surface area (Å²) in [6.07, 6.45) is 0.110. The third-order valence-electron chi connectivity index (χ3n) is 2.79. The Morgan fingerprint density at radius 3 is 2.23 bits per heavy atom. The standard InChI is InChI=1S/C13H23N3O6/c1-8(11(18)16-9(2)12(19)22-3)15-10(17)6-4-5-7-14-13(20)21/h8-9,14H,4-7H2,1-3H3,(H,15,17)(H,16,18)(H,20,21)/t8-,9-/m0/s1. The SMILES string of the molecule is COC(=O)[C@H](C)NC(=O)[C@H](C)NC(=O)CCCCNC(=O)O. The van der Waals surface area contributed by atoms with Gasteiger partial charge in [-0.05, 0) is 26.7 Å². The van der Waals surface area contributed by atoms with E-state index in [-0.39, 0.29) is 18.9 Å². The fourth-order valence-electron chi connectivity index (χ4n) is 1.56. The topological polar surface area (TPSA) is 134 Å². The molecule has 22 heavy (non-hydrogen) atoms. The van der Waals surface area contributed by atoms with Gasteiger partial charge in [0.2, 0.25) is 11.8 Å². The third-order valence-corrected chi connectivity index (χ3v) is 2.79. The highest BCUT2D eigenvalue weighted by molar-refractivity contribution is 5.90. The molecule has 2 atom stereocenters. The van der Waals surface area contributed by atoms with Crippen molar-refractivity contribution in [2.45, 2.75) is 45.2 Å². The van der Waals surface area contributed by atoms with Gasteiger partial charge < -0.3 is 25.8 Å². The van der Waals surface area contributed by atoms with Gasteiger partial charge in [-0.15, -0.1) is 0 Å². The highest BCUT2D eigenvalue weighted by atomic mass is 16.5. The Hall–Kier alpha value is -2.32. The summed E-state index contributed by atoms with van der Waals surface area (Å²) in [7, 11) is 1.22. The van der Waals surface area contributed by atoms with Gasteiger partial charge in [0.25, 0.3) is 0 Å². The predicted molar refractivity (Wildman–Crippen MR) is 77.1 cm³/mol. The van der Waals surface area contributed by atoms with Crippen LogP contribution in [0.2, 0.25) is 0 Å². The maximum absolute atomic E-state index is 11.8. The molecule has 0 saturated carbocycles. The highest BCUT2D eigenvalue weighted by Crippen LogP contribution is 1.96. The average molecular weight is 317 g/mol. The van der Waals surface area contributed by atoms with Gasteiger partial charge in [0, 0.05) is 13.0 Å². The number of esters is 1. The second-order valence-electron chi connectivity index (χ2n) is 4.73. The Bertz CT molecular complexity index is 413. The fourth-order valence-corrected chi connectivity index (χ4v) is 1.56. The van der Waals surface area contributed by atoms with E-state index < -0.39 is 30.1 Å². The van der Waals surface area contributed by atoms with Crippen molar-refractivity contribution in [2.75, 3.05) is 13.7 Å². The second-order valence-corrected chi connectivity index (χ2v) is 4.73. The van der Waals surface area contributed by atoms with Crippen LogP contribution in [-0.2, 0) is 19.1 Å². The summed E-state index contributed by atoms with van der Waals surface area (Å²) in [5.41, 5.74) is 0. The molecule has 9 nitrogen and oxygen atoms in total. The number of ether oxygens (including phenoxy) is 1. The van der Waals surface area contributed by atoms with E-state index in [1.807, 2.05) is 0 Å². The van der Waals surface area contributed by atoms with Crippen molar-refractivity contribution in [3.8, 4) is 0 Å². The van der Waals surface area contributed by atoms with Crippen LogP contribution in [0.1, 0.15) is 33.1 Å². The molecule has 0 bridgehead atoms. The van der Waals surface area contributed by atoms with Crippen molar-refractivity contribution in [3.05, 3.63) is 0 Å². The first kappa shape index (κ1) is 19.7. The van der Waals surface area contributed by atoms with Crippen molar-refractivity contribution in [1.29, 1.82) is 0 Å². The lowest BCUT2D eigenvalue weighted by Crippen LogP contribution is -2.49. The first-order valence-corrected chi connectivity index (χ1v) is 6.92. The average Bonchev–Trinajstić information content (AvgIpc) is 2.45. The number of nitrogens with one attached hydrogen (secondary N) is 3. The number of carboxylic acid groups (broad SMARTS) is 1. The maximum atomic E-state index is 11.8. The fraction of sp³-hybridized carbons (Fsp3) is 0.692. The Morgan fingerprint density at radius 2 is 1.68 bits per heavy atom. The number of methoxy groups -OCH3 is 1. The van der Waals surface area contributed by atoms with Gasteiger partial charge in [-0.2, -0.15) is 0 Å². The summed E-state index contributed by atoms with van der Waals surface area (Å²) in [5.74, 6) is -1.37. The van der Waals surface area contributed by atoms with E-state index in [4.69, 9.17) is 5.11 Å². The molecule has 0 saturated heterocycles. The van der Waals surface area contributed by atoms with Crippen LogP contribution >= 0.6 is 0 Å². The molecule has 3 amide bonds. The smallest absolute Gasteiger partial charge is 0.404 e. The molecule has 0 spiro atoms. The van der Waals surface area contributed by atoms with E-state index in [0.29, 0.717) is 12.8 Å². The normalized spacial score (nSPS) is 12.7. The van der Waals surface area contributed by atoms with Gasteiger partial charge in [-0.25, -0.2) is 9.59 Å². The molecule has 126 valence electrons. The van der Waals surface area contributed by atoms with Crippen LogP contribution in [0.5, 0.6) is 0 Å². The lowest BCUT2D eigenvalue weighted by molar-refractivity contribution is -0.144. The zero-order chi connectivity index (χ0) is 17.1. The minimum absolute atomic E-state index is 0.186. The first-order valence-electron chi connectivity index (χ1n) is 6.92. The summed E-state index contributed by atoms with van der Waals surface area (Å²) in [6.45, 7) is 3.26. The molecule has 0 unspecified atom stereocenters. The van der Waals surface area contributed by atoms with E-state index in [0.717, 1.165) is 0 Å². The summed E-state index contributed by atoms with van der Waals surface area (Å²) in [4.78, 5) is 44.7. The molecule has 9 heteroatoms. The van der Waals surface area contributed by atoms with E-state index in [2.05, 4.69) is 20.7 Å². The number of unbranched alkanes of at least 4 members (excludes halogenated alkanes) is 1. The summed E-state index contributed by atoms with van der Waals surface area (Å²) in [6, 6.07) is -1.57. The monoisotopic (exact) mass is 317 g/mol. The van der Waals surface area contributed by atoms with Crippen molar-refractivity contribution in [1.82, 2.24) is 16.0 Å². The highest BCUT2D eigenvalue weighted by Gasteiger charge is 2.20. The molecular formula is C13H23N3O6. The van der Waals surface area contributed by atoms with Crippen molar-refractivity contribution in [2.24, 2.45) is 0 Å². The van der Waals surface area contributed by atoms with E-state index in [9.17, 15) is 19.2 Å². The number of hydrogen-bond donors (Lipinski definition) is 4. The van der Waals surface area contributed by atoms with Crippen molar-refractivity contribution in [3.63, 3.8) is 0 Å². The predicted octanol–water partition coefficient (Wildman–Crippen LogP) is -0.393. The molecule has 0 rings (SSSR count). The number of carbonyl (C=O) groups excluding carboxylic acids is 3. The summed E-state index contributed by atoms with van der Waals surface area (Å²) >= 11 is 0. The van der Waals surface area contributed by atoms with Gasteiger partial charge >= 0.3 is 12.1 Å². The molecule has 0 aliphatic rings.